The first-order chi connectivity index (χ1) is 7.17. The van der Waals surface area contributed by atoms with Crippen LogP contribution >= 0.6 is 0 Å². The fourth-order valence-corrected chi connectivity index (χ4v) is 1.68. The number of hydrogen-bond donors (Lipinski definition) is 0. The molecule has 84 valence electrons. The summed E-state index contributed by atoms with van der Waals surface area (Å²) < 4.78 is 1.92. The molecule has 1 rings (SSSR count). The van der Waals surface area contributed by atoms with Crippen molar-refractivity contribution in [2.45, 2.75) is 53.0 Å². The van der Waals surface area contributed by atoms with Crippen LogP contribution in [0.2, 0.25) is 0 Å². The zero-order valence-electron chi connectivity index (χ0n) is 9.92. The molecule has 15 heavy (non-hydrogen) atoms. The van der Waals surface area contributed by atoms with Gasteiger partial charge in [0.15, 0.2) is 0 Å². The molecule has 3 nitrogen and oxygen atoms in total. The van der Waals surface area contributed by atoms with Crippen LogP contribution in [0.5, 0.6) is 0 Å². The monoisotopic (exact) mass is 208 g/mol. The van der Waals surface area contributed by atoms with Gasteiger partial charge in [0.2, 0.25) is 0 Å². The van der Waals surface area contributed by atoms with Gasteiger partial charge in [0, 0.05) is 25.1 Å². The van der Waals surface area contributed by atoms with Crippen LogP contribution in [-0.4, -0.2) is 15.6 Å². The average Bonchev–Trinajstić information content (AvgIpc) is 2.55. The van der Waals surface area contributed by atoms with Crippen molar-refractivity contribution in [2.75, 3.05) is 0 Å². The van der Waals surface area contributed by atoms with Crippen molar-refractivity contribution in [1.82, 2.24) is 9.78 Å². The zero-order chi connectivity index (χ0) is 11.3. The lowest BCUT2D eigenvalue weighted by molar-refractivity contribution is -0.118. The van der Waals surface area contributed by atoms with Crippen LogP contribution < -0.4 is 0 Å². The van der Waals surface area contributed by atoms with Crippen molar-refractivity contribution in [2.24, 2.45) is 0 Å². The largest absolute Gasteiger partial charge is 0.299 e. The maximum atomic E-state index is 11.6. The molecule has 0 bridgehead atoms. The second kappa shape index (κ2) is 5.69. The van der Waals surface area contributed by atoms with Gasteiger partial charge in [-0.05, 0) is 26.3 Å². The highest BCUT2D eigenvalue weighted by Crippen LogP contribution is 2.07. The van der Waals surface area contributed by atoms with Gasteiger partial charge >= 0.3 is 0 Å². The average molecular weight is 208 g/mol. The van der Waals surface area contributed by atoms with E-state index in [0.29, 0.717) is 18.6 Å². The highest BCUT2D eigenvalue weighted by molar-refractivity contribution is 5.80. The number of Topliss-reactive ketones (excluding diaryl/α,β-unsaturated/α-hetero) is 1. The summed E-state index contributed by atoms with van der Waals surface area (Å²) >= 11 is 0. The Hall–Kier alpha value is -1.12. The van der Waals surface area contributed by atoms with Gasteiger partial charge in [0.05, 0.1) is 5.69 Å². The molecule has 0 amide bonds. The molecule has 0 fully saturated rings. The summed E-state index contributed by atoms with van der Waals surface area (Å²) in [5, 5.41) is 4.33. The first-order valence-electron chi connectivity index (χ1n) is 5.72. The van der Waals surface area contributed by atoms with Crippen molar-refractivity contribution in [3.63, 3.8) is 0 Å². The van der Waals surface area contributed by atoms with Gasteiger partial charge in [-0.1, -0.05) is 13.3 Å². The fourth-order valence-electron chi connectivity index (χ4n) is 1.68. The molecule has 0 aliphatic rings. The Morgan fingerprint density at radius 3 is 2.80 bits per heavy atom. The van der Waals surface area contributed by atoms with Crippen molar-refractivity contribution in [1.29, 1.82) is 0 Å². The smallest absolute Gasteiger partial charge is 0.138 e. The Labute approximate surface area is 91.5 Å². The number of rotatable bonds is 6. The van der Waals surface area contributed by atoms with Gasteiger partial charge in [0.1, 0.15) is 5.78 Å². The Bertz CT molecular complexity index is 328. The summed E-state index contributed by atoms with van der Waals surface area (Å²) in [7, 11) is 0. The van der Waals surface area contributed by atoms with Gasteiger partial charge < -0.3 is 0 Å². The lowest BCUT2D eigenvalue weighted by Crippen LogP contribution is -2.09. The van der Waals surface area contributed by atoms with Gasteiger partial charge in [-0.3, -0.25) is 9.48 Å². The van der Waals surface area contributed by atoms with Crippen LogP contribution in [-0.2, 0) is 17.8 Å². The maximum Gasteiger partial charge on any atom is 0.138 e. The number of carbonyl (C=O) groups is 1. The van der Waals surface area contributed by atoms with Crippen molar-refractivity contribution in [3.05, 3.63) is 17.5 Å². The number of hydrogen-bond acceptors (Lipinski definition) is 2. The predicted molar refractivity (Wildman–Crippen MR) is 60.9 cm³/mol. The first-order valence-corrected chi connectivity index (χ1v) is 5.72. The number of aromatic nitrogens is 2. The van der Waals surface area contributed by atoms with Gasteiger partial charge in [-0.15, -0.1) is 0 Å². The number of aryl methyl sites for hydroxylation is 2. The molecule has 0 N–H and O–H groups in total. The van der Waals surface area contributed by atoms with Crippen LogP contribution in [0.25, 0.3) is 0 Å². The Morgan fingerprint density at radius 1 is 1.47 bits per heavy atom. The molecule has 1 heterocycles. The van der Waals surface area contributed by atoms with Crippen LogP contribution in [0.4, 0.5) is 0 Å². The van der Waals surface area contributed by atoms with E-state index in [2.05, 4.69) is 12.0 Å². The van der Waals surface area contributed by atoms with E-state index in [0.717, 1.165) is 30.8 Å². The zero-order valence-corrected chi connectivity index (χ0v) is 9.92. The van der Waals surface area contributed by atoms with E-state index in [1.807, 2.05) is 24.6 Å². The lowest BCUT2D eigenvalue weighted by atomic mass is 10.1. The highest BCUT2D eigenvalue weighted by atomic mass is 16.1. The topological polar surface area (TPSA) is 34.9 Å². The fraction of sp³-hybridized carbons (Fsp3) is 0.667. The number of carbonyl (C=O) groups excluding carboxylic acids is 1. The first kappa shape index (κ1) is 12.0. The molecule has 1 aromatic heterocycles. The Balaban J connectivity index is 2.59. The van der Waals surface area contributed by atoms with E-state index >= 15 is 0 Å². The second-order valence-corrected chi connectivity index (χ2v) is 3.91. The molecule has 3 heteroatoms. The Kier molecular flexibility index (Phi) is 4.53. The summed E-state index contributed by atoms with van der Waals surface area (Å²) in [6.45, 7) is 6.95. The maximum absolute atomic E-state index is 11.6. The molecular weight excluding hydrogens is 188 g/mol. The van der Waals surface area contributed by atoms with Crippen molar-refractivity contribution < 1.29 is 4.79 Å². The minimum absolute atomic E-state index is 0.325. The highest BCUT2D eigenvalue weighted by Gasteiger charge is 2.08. The Morgan fingerprint density at radius 2 is 2.20 bits per heavy atom. The molecule has 0 aromatic carbocycles. The quantitative estimate of drug-likeness (QED) is 0.720. The lowest BCUT2D eigenvalue weighted by Gasteiger charge is -2.03. The summed E-state index contributed by atoms with van der Waals surface area (Å²) in [5.74, 6) is 0.325. The SMILES string of the molecule is CCCCC(=O)Cc1cc(C)nn1CC. The van der Waals surface area contributed by atoms with Gasteiger partial charge in [-0.2, -0.15) is 5.10 Å². The third kappa shape index (κ3) is 3.50. The summed E-state index contributed by atoms with van der Waals surface area (Å²) in [6.07, 6.45) is 3.31. The third-order valence-electron chi connectivity index (χ3n) is 2.47. The summed E-state index contributed by atoms with van der Waals surface area (Å²) in [5.41, 5.74) is 2.05. The number of nitrogens with zero attached hydrogens (tertiary/aromatic N) is 2. The van der Waals surface area contributed by atoms with E-state index in [1.165, 1.54) is 0 Å². The molecule has 0 aliphatic heterocycles. The third-order valence-corrected chi connectivity index (χ3v) is 2.47. The number of ketones is 1. The van der Waals surface area contributed by atoms with Gasteiger partial charge in [0.25, 0.3) is 0 Å². The number of unbranched alkanes of at least 4 members (excludes halogenated alkanes) is 1. The molecular formula is C12H20N2O. The van der Waals surface area contributed by atoms with Crippen molar-refractivity contribution in [3.8, 4) is 0 Å². The van der Waals surface area contributed by atoms with Crippen LogP contribution in [0.1, 0.15) is 44.5 Å². The molecule has 1 aromatic rings. The summed E-state index contributed by atoms with van der Waals surface area (Å²) in [6, 6.07) is 2.01. The van der Waals surface area contributed by atoms with E-state index in [9.17, 15) is 4.79 Å². The van der Waals surface area contributed by atoms with E-state index in [1.54, 1.807) is 0 Å². The second-order valence-electron chi connectivity index (χ2n) is 3.91. The van der Waals surface area contributed by atoms with Gasteiger partial charge in [-0.25, -0.2) is 0 Å². The molecule has 0 radical (unpaired) electrons. The normalized spacial score (nSPS) is 10.6. The van der Waals surface area contributed by atoms with E-state index in [4.69, 9.17) is 0 Å². The predicted octanol–water partition coefficient (Wildman–Crippen LogP) is 2.51. The molecule has 0 saturated carbocycles. The van der Waals surface area contributed by atoms with E-state index < -0.39 is 0 Å². The molecule has 0 aliphatic carbocycles. The standard InChI is InChI=1S/C12H20N2O/c1-4-6-7-12(15)9-11-8-10(3)13-14(11)5-2/h8H,4-7,9H2,1-3H3. The van der Waals surface area contributed by atoms with Crippen LogP contribution in [0, 0.1) is 6.92 Å². The summed E-state index contributed by atoms with van der Waals surface area (Å²) in [4.78, 5) is 11.6. The molecule has 0 unspecified atom stereocenters. The molecule has 0 atom stereocenters. The van der Waals surface area contributed by atoms with E-state index in [-0.39, 0.29) is 0 Å². The van der Waals surface area contributed by atoms with Crippen LogP contribution in [0.3, 0.4) is 0 Å². The minimum atomic E-state index is 0.325. The molecule has 0 spiro atoms. The molecule has 0 saturated heterocycles. The minimum Gasteiger partial charge on any atom is -0.299 e. The van der Waals surface area contributed by atoms with Crippen LogP contribution in [0.15, 0.2) is 6.07 Å². The van der Waals surface area contributed by atoms with Crippen molar-refractivity contribution >= 4 is 5.78 Å².